The van der Waals surface area contributed by atoms with Crippen LogP contribution in [0.25, 0.3) is 6.08 Å². The molecule has 0 fully saturated rings. The molecule has 5 rings (SSSR count). The number of carbonyl (C=O) groups excluding carboxylic acids is 1. The number of carbonyl (C=O) groups is 1. The van der Waals surface area contributed by atoms with E-state index in [9.17, 15) is 10.1 Å². The first-order chi connectivity index (χ1) is 13.6. The molecule has 2 atom stereocenters. The summed E-state index contributed by atoms with van der Waals surface area (Å²) in [6.45, 7) is 3.36. The molecule has 0 radical (unpaired) electrons. The van der Waals surface area contributed by atoms with Crippen molar-refractivity contribution in [3.05, 3.63) is 75.4 Å². The summed E-state index contributed by atoms with van der Waals surface area (Å²) in [7, 11) is 0. The first-order valence-electron chi connectivity index (χ1n) is 9.04. The third-order valence-electron chi connectivity index (χ3n) is 5.10. The van der Waals surface area contributed by atoms with Gasteiger partial charge in [-0.25, -0.2) is 0 Å². The van der Waals surface area contributed by atoms with Gasteiger partial charge in [0.05, 0.1) is 17.3 Å². The monoisotopic (exact) mass is 368 g/mol. The minimum Gasteiger partial charge on any atom is -0.454 e. The molecule has 1 aromatic carbocycles. The Morgan fingerprint density at radius 3 is 2.93 bits per heavy atom. The summed E-state index contributed by atoms with van der Waals surface area (Å²) >= 11 is 0. The molecule has 3 heterocycles. The van der Waals surface area contributed by atoms with Crippen LogP contribution in [0.2, 0.25) is 0 Å². The van der Waals surface area contributed by atoms with E-state index in [0.717, 1.165) is 16.3 Å². The SMILES string of the molecule is CC(=O)N=c1c(C#N)c2c(c3n1C1C=CC=CC1N=3)=Cc1ccc(C)cc1O2. The molecule has 0 bridgehead atoms. The average Bonchev–Trinajstić information content (AvgIpc) is 3.06. The van der Waals surface area contributed by atoms with Crippen molar-refractivity contribution in [2.75, 3.05) is 0 Å². The van der Waals surface area contributed by atoms with Gasteiger partial charge in [-0.3, -0.25) is 14.4 Å². The van der Waals surface area contributed by atoms with E-state index in [1.54, 1.807) is 0 Å². The van der Waals surface area contributed by atoms with E-state index in [1.807, 2.05) is 60.1 Å². The predicted octanol–water partition coefficient (Wildman–Crippen LogP) is 1.72. The molecule has 2 aromatic rings. The molecule has 136 valence electrons. The maximum Gasteiger partial charge on any atom is 0.244 e. The van der Waals surface area contributed by atoms with E-state index < -0.39 is 0 Å². The lowest BCUT2D eigenvalue weighted by molar-refractivity contribution is -0.116. The number of pyridine rings is 1. The van der Waals surface area contributed by atoms with Crippen LogP contribution >= 0.6 is 0 Å². The fraction of sp³-hybridized carbons (Fsp3) is 0.182. The summed E-state index contributed by atoms with van der Waals surface area (Å²) in [5.41, 5.74) is 3.20. The van der Waals surface area contributed by atoms with Crippen molar-refractivity contribution in [2.45, 2.75) is 25.9 Å². The van der Waals surface area contributed by atoms with Crippen LogP contribution in [0.4, 0.5) is 0 Å². The van der Waals surface area contributed by atoms with Crippen LogP contribution in [0.15, 0.2) is 52.5 Å². The highest BCUT2D eigenvalue weighted by atomic mass is 16.5. The Morgan fingerprint density at radius 2 is 2.14 bits per heavy atom. The van der Waals surface area contributed by atoms with Crippen LogP contribution < -0.4 is 20.9 Å². The molecule has 28 heavy (non-hydrogen) atoms. The van der Waals surface area contributed by atoms with E-state index in [2.05, 4.69) is 11.1 Å². The number of rotatable bonds is 0. The Kier molecular flexibility index (Phi) is 3.46. The molecular weight excluding hydrogens is 352 g/mol. The summed E-state index contributed by atoms with van der Waals surface area (Å²) < 4.78 is 8.02. The Balaban J connectivity index is 1.96. The highest BCUT2D eigenvalue weighted by molar-refractivity contribution is 5.74. The second-order valence-electron chi connectivity index (χ2n) is 7.05. The Morgan fingerprint density at radius 1 is 1.32 bits per heavy atom. The van der Waals surface area contributed by atoms with Crippen LogP contribution in [0, 0.1) is 18.3 Å². The van der Waals surface area contributed by atoms with E-state index in [0.29, 0.717) is 22.5 Å². The van der Waals surface area contributed by atoms with Crippen molar-refractivity contribution in [1.82, 2.24) is 4.57 Å². The number of nitriles is 1. The first-order valence-corrected chi connectivity index (χ1v) is 9.04. The second kappa shape index (κ2) is 5.89. The molecule has 0 saturated carbocycles. The summed E-state index contributed by atoms with van der Waals surface area (Å²) in [5.74, 6) is 0.709. The van der Waals surface area contributed by atoms with E-state index >= 15 is 0 Å². The molecule has 1 aromatic heterocycles. The smallest absolute Gasteiger partial charge is 0.244 e. The second-order valence-corrected chi connectivity index (χ2v) is 7.05. The van der Waals surface area contributed by atoms with Crippen molar-refractivity contribution in [1.29, 1.82) is 5.26 Å². The van der Waals surface area contributed by atoms with Crippen molar-refractivity contribution in [3.8, 4) is 17.6 Å². The van der Waals surface area contributed by atoms with Crippen molar-refractivity contribution in [2.24, 2.45) is 9.98 Å². The fourth-order valence-electron chi connectivity index (χ4n) is 3.90. The number of aryl methyl sites for hydroxylation is 1. The van der Waals surface area contributed by atoms with Crippen molar-refractivity contribution in [3.63, 3.8) is 0 Å². The molecule has 1 amide bonds. The lowest BCUT2D eigenvalue weighted by atomic mass is 10.0. The average molecular weight is 368 g/mol. The van der Waals surface area contributed by atoms with E-state index in [4.69, 9.17) is 9.73 Å². The Labute approximate surface area is 160 Å². The lowest BCUT2D eigenvalue weighted by Crippen LogP contribution is -2.46. The minimum absolute atomic E-state index is 0.100. The van der Waals surface area contributed by atoms with Gasteiger partial charge in [0.15, 0.2) is 11.2 Å². The van der Waals surface area contributed by atoms with Gasteiger partial charge in [0.2, 0.25) is 5.91 Å². The molecule has 2 unspecified atom stereocenters. The van der Waals surface area contributed by atoms with Crippen LogP contribution in [-0.2, 0) is 4.79 Å². The molecule has 0 N–H and O–H groups in total. The van der Waals surface area contributed by atoms with Crippen LogP contribution in [0.5, 0.6) is 11.5 Å². The quantitative estimate of drug-likeness (QED) is 0.606. The molecular formula is C22H16N4O2. The standard InChI is InChI=1S/C22H16N4O2/c1-12-7-8-14-10-15-20(28-19(14)9-12)16(11-23)22(24-13(2)27)26-18-6-4-3-5-17(18)25-21(15)26/h3-10,17-18H,1-2H3. The molecule has 0 saturated heterocycles. The molecule has 0 spiro atoms. The van der Waals surface area contributed by atoms with Crippen molar-refractivity contribution < 1.29 is 9.53 Å². The van der Waals surface area contributed by atoms with E-state index in [-0.39, 0.29) is 23.6 Å². The Hall–Kier alpha value is -3.72. The van der Waals surface area contributed by atoms with Gasteiger partial charge in [-0.2, -0.15) is 10.3 Å². The number of benzene rings is 1. The van der Waals surface area contributed by atoms with Gasteiger partial charge in [0.1, 0.15) is 22.9 Å². The third-order valence-corrected chi connectivity index (χ3v) is 5.10. The maximum absolute atomic E-state index is 11.9. The first kappa shape index (κ1) is 16.5. The number of hydrogen-bond donors (Lipinski definition) is 0. The van der Waals surface area contributed by atoms with Gasteiger partial charge in [0, 0.05) is 12.5 Å². The summed E-state index contributed by atoms with van der Waals surface area (Å²) in [5, 5.41) is 10.7. The van der Waals surface area contributed by atoms with Gasteiger partial charge < -0.3 is 4.74 Å². The van der Waals surface area contributed by atoms with Crippen LogP contribution in [0.3, 0.4) is 0 Å². The zero-order chi connectivity index (χ0) is 19.4. The number of allylic oxidation sites excluding steroid dienone is 2. The normalized spacial score (nSPS) is 20.7. The maximum atomic E-state index is 11.9. The Bertz CT molecular complexity index is 1350. The highest BCUT2D eigenvalue weighted by Crippen LogP contribution is 2.30. The van der Waals surface area contributed by atoms with Gasteiger partial charge in [-0.15, -0.1) is 0 Å². The third kappa shape index (κ3) is 2.30. The number of amides is 1. The fourth-order valence-corrected chi connectivity index (χ4v) is 3.90. The largest absolute Gasteiger partial charge is 0.454 e. The van der Waals surface area contributed by atoms with Crippen molar-refractivity contribution >= 4 is 12.0 Å². The van der Waals surface area contributed by atoms with Gasteiger partial charge in [-0.1, -0.05) is 36.4 Å². The zero-order valence-electron chi connectivity index (χ0n) is 15.4. The van der Waals surface area contributed by atoms with Gasteiger partial charge >= 0.3 is 0 Å². The highest BCUT2D eigenvalue weighted by Gasteiger charge is 2.31. The predicted molar refractivity (Wildman–Crippen MR) is 102 cm³/mol. The van der Waals surface area contributed by atoms with Gasteiger partial charge in [0.25, 0.3) is 0 Å². The summed E-state index contributed by atoms with van der Waals surface area (Å²) in [6, 6.07) is 7.92. The number of hydrogen-bond acceptors (Lipinski definition) is 4. The van der Waals surface area contributed by atoms with Crippen LogP contribution in [-0.4, -0.2) is 16.5 Å². The molecule has 2 aliphatic heterocycles. The number of aromatic nitrogens is 1. The summed E-state index contributed by atoms with van der Waals surface area (Å²) in [6.07, 6.45) is 9.91. The number of nitrogens with zero attached hydrogens (tertiary/aromatic N) is 4. The van der Waals surface area contributed by atoms with E-state index in [1.165, 1.54) is 6.92 Å². The topological polar surface area (TPSA) is 79.7 Å². The molecule has 6 nitrogen and oxygen atoms in total. The molecule has 6 heteroatoms. The minimum atomic E-state index is -0.374. The zero-order valence-corrected chi connectivity index (χ0v) is 15.4. The number of ether oxygens (including phenoxy) is 1. The summed E-state index contributed by atoms with van der Waals surface area (Å²) in [4.78, 5) is 20.9. The van der Waals surface area contributed by atoms with Gasteiger partial charge in [-0.05, 0) is 24.6 Å². The lowest BCUT2D eigenvalue weighted by Gasteiger charge is -2.21. The molecule has 1 aliphatic carbocycles. The molecule has 3 aliphatic rings. The number of fused-ring (bicyclic) bond motifs is 6. The van der Waals surface area contributed by atoms with Crippen LogP contribution in [0.1, 0.15) is 29.7 Å².